The highest BCUT2D eigenvalue weighted by molar-refractivity contribution is 6.33. The van der Waals surface area contributed by atoms with Gasteiger partial charge in [0.15, 0.2) is 0 Å². The lowest BCUT2D eigenvalue weighted by atomic mass is 10.2. The molecule has 1 aromatic heterocycles. The molecule has 8 nitrogen and oxygen atoms in total. The van der Waals surface area contributed by atoms with Gasteiger partial charge in [-0.2, -0.15) is 5.10 Å². The topological polar surface area (TPSA) is 88.5 Å². The molecule has 0 bridgehead atoms. The minimum absolute atomic E-state index is 0.102. The van der Waals surface area contributed by atoms with Crippen LogP contribution >= 0.6 is 11.6 Å². The van der Waals surface area contributed by atoms with Crippen LogP contribution in [0, 0.1) is 12.7 Å². The molecule has 0 atom stereocenters. The summed E-state index contributed by atoms with van der Waals surface area (Å²) in [4.78, 5) is 27.2. The van der Waals surface area contributed by atoms with Crippen molar-refractivity contribution in [2.45, 2.75) is 13.5 Å². The quantitative estimate of drug-likeness (QED) is 0.534. The van der Waals surface area contributed by atoms with Gasteiger partial charge in [-0.3, -0.25) is 14.5 Å². The zero-order chi connectivity index (χ0) is 24.1. The van der Waals surface area contributed by atoms with Gasteiger partial charge in [-0.25, -0.2) is 9.07 Å². The van der Waals surface area contributed by atoms with Crippen LogP contribution in [-0.2, 0) is 16.1 Å². The van der Waals surface area contributed by atoms with Gasteiger partial charge in [0.2, 0.25) is 5.91 Å². The number of anilines is 2. The molecule has 0 radical (unpaired) electrons. The molecule has 1 aliphatic heterocycles. The van der Waals surface area contributed by atoms with Crippen LogP contribution in [0.15, 0.2) is 48.5 Å². The standard InChI is InChI=1S/C24H25ClFN5O3/c1-16-22(23(25)31(29-16)14-17-2-4-18(26)5-3-17)24(33)28-20-8-6-19(7-9-20)27-21(32)15-30-10-12-34-13-11-30/h2-9H,10-15H2,1H3,(H,27,32)(H,28,33). The van der Waals surface area contributed by atoms with E-state index in [4.69, 9.17) is 16.3 Å². The first-order chi connectivity index (χ1) is 16.4. The fourth-order valence-corrected chi connectivity index (χ4v) is 3.99. The third-order valence-electron chi connectivity index (χ3n) is 5.44. The molecule has 1 saturated heterocycles. The molecule has 10 heteroatoms. The lowest BCUT2D eigenvalue weighted by Crippen LogP contribution is -2.41. The molecule has 0 saturated carbocycles. The number of benzene rings is 2. The van der Waals surface area contributed by atoms with E-state index in [-0.39, 0.29) is 22.4 Å². The first-order valence-electron chi connectivity index (χ1n) is 10.9. The van der Waals surface area contributed by atoms with Crippen LogP contribution in [0.5, 0.6) is 0 Å². The van der Waals surface area contributed by atoms with E-state index in [0.717, 1.165) is 18.7 Å². The molecule has 178 valence electrons. The van der Waals surface area contributed by atoms with Crippen molar-refractivity contribution >= 4 is 34.8 Å². The number of nitrogens with zero attached hydrogens (tertiary/aromatic N) is 3. The highest BCUT2D eigenvalue weighted by Crippen LogP contribution is 2.23. The van der Waals surface area contributed by atoms with E-state index < -0.39 is 5.91 Å². The Bertz CT molecular complexity index is 1160. The fraction of sp³-hybridized carbons (Fsp3) is 0.292. The molecule has 34 heavy (non-hydrogen) atoms. The summed E-state index contributed by atoms with van der Waals surface area (Å²) in [6.45, 7) is 5.07. The van der Waals surface area contributed by atoms with Crippen molar-refractivity contribution in [1.82, 2.24) is 14.7 Å². The van der Waals surface area contributed by atoms with Gasteiger partial charge in [0.25, 0.3) is 5.91 Å². The van der Waals surface area contributed by atoms with Crippen LogP contribution in [0.4, 0.5) is 15.8 Å². The number of carbonyl (C=O) groups is 2. The number of aryl methyl sites for hydroxylation is 1. The Labute approximate surface area is 201 Å². The molecule has 2 amide bonds. The van der Waals surface area contributed by atoms with Crippen molar-refractivity contribution < 1.29 is 18.7 Å². The fourth-order valence-electron chi connectivity index (χ4n) is 3.67. The van der Waals surface area contributed by atoms with Crippen LogP contribution in [0.25, 0.3) is 0 Å². The third kappa shape index (κ3) is 5.99. The number of aromatic nitrogens is 2. The molecule has 1 fully saturated rings. The Kier molecular flexibility index (Phi) is 7.56. The third-order valence-corrected chi connectivity index (χ3v) is 5.82. The number of hydrogen-bond acceptors (Lipinski definition) is 5. The zero-order valence-electron chi connectivity index (χ0n) is 18.7. The van der Waals surface area contributed by atoms with Crippen molar-refractivity contribution in [3.63, 3.8) is 0 Å². The van der Waals surface area contributed by atoms with E-state index in [2.05, 4.69) is 15.7 Å². The molecular formula is C24H25ClFN5O3. The van der Waals surface area contributed by atoms with Crippen molar-refractivity contribution in [3.05, 3.63) is 76.3 Å². The molecule has 4 rings (SSSR count). The monoisotopic (exact) mass is 485 g/mol. The summed E-state index contributed by atoms with van der Waals surface area (Å²) in [5, 5.41) is 10.2. The molecule has 2 aromatic carbocycles. The normalized spacial score (nSPS) is 14.1. The van der Waals surface area contributed by atoms with E-state index in [1.807, 2.05) is 4.90 Å². The Balaban J connectivity index is 1.36. The number of ether oxygens (including phenoxy) is 1. The Morgan fingerprint density at radius 2 is 1.65 bits per heavy atom. The minimum atomic E-state index is -0.392. The number of rotatable bonds is 7. The SMILES string of the molecule is Cc1nn(Cc2ccc(F)cc2)c(Cl)c1C(=O)Nc1ccc(NC(=O)CN2CCOCC2)cc1. The van der Waals surface area contributed by atoms with Gasteiger partial charge in [-0.15, -0.1) is 0 Å². The van der Waals surface area contributed by atoms with E-state index in [0.29, 0.717) is 43.4 Å². The number of morpholine rings is 1. The van der Waals surface area contributed by atoms with E-state index in [9.17, 15) is 14.0 Å². The van der Waals surface area contributed by atoms with Crippen LogP contribution in [0.1, 0.15) is 21.6 Å². The van der Waals surface area contributed by atoms with Gasteiger partial charge >= 0.3 is 0 Å². The smallest absolute Gasteiger partial charge is 0.260 e. The summed E-state index contributed by atoms with van der Waals surface area (Å²) in [6.07, 6.45) is 0. The van der Waals surface area contributed by atoms with Crippen LogP contribution in [-0.4, -0.2) is 59.3 Å². The summed E-state index contributed by atoms with van der Waals surface area (Å²) >= 11 is 6.44. The molecule has 2 heterocycles. The maximum atomic E-state index is 13.1. The number of hydrogen-bond donors (Lipinski definition) is 2. The largest absolute Gasteiger partial charge is 0.379 e. The lowest BCUT2D eigenvalue weighted by Gasteiger charge is -2.25. The number of carbonyl (C=O) groups excluding carboxylic acids is 2. The minimum Gasteiger partial charge on any atom is -0.379 e. The maximum Gasteiger partial charge on any atom is 0.260 e. The van der Waals surface area contributed by atoms with Crippen molar-refractivity contribution in [2.24, 2.45) is 0 Å². The molecular weight excluding hydrogens is 461 g/mol. The van der Waals surface area contributed by atoms with Crippen molar-refractivity contribution in [1.29, 1.82) is 0 Å². The Hall–Kier alpha value is -3.27. The van der Waals surface area contributed by atoms with E-state index in [1.54, 1.807) is 43.3 Å². The summed E-state index contributed by atoms with van der Waals surface area (Å²) in [6, 6.07) is 12.9. The number of halogens is 2. The molecule has 2 N–H and O–H groups in total. The summed E-state index contributed by atoms with van der Waals surface area (Å²) in [7, 11) is 0. The van der Waals surface area contributed by atoms with Gasteiger partial charge < -0.3 is 15.4 Å². The Morgan fingerprint density at radius 1 is 1.03 bits per heavy atom. The second kappa shape index (κ2) is 10.8. The molecule has 0 aliphatic carbocycles. The molecule has 1 aliphatic rings. The van der Waals surface area contributed by atoms with Crippen molar-refractivity contribution in [2.75, 3.05) is 43.5 Å². The van der Waals surface area contributed by atoms with Crippen molar-refractivity contribution in [3.8, 4) is 0 Å². The predicted octanol–water partition coefficient (Wildman–Crippen LogP) is 3.56. The average Bonchev–Trinajstić information content (AvgIpc) is 3.10. The number of nitrogens with one attached hydrogen (secondary N) is 2. The average molecular weight is 486 g/mol. The Morgan fingerprint density at radius 3 is 2.29 bits per heavy atom. The first kappa shape index (κ1) is 23.9. The maximum absolute atomic E-state index is 13.1. The van der Waals surface area contributed by atoms with Gasteiger partial charge in [0.1, 0.15) is 11.0 Å². The van der Waals surface area contributed by atoms with Gasteiger partial charge in [0.05, 0.1) is 37.6 Å². The first-order valence-corrected chi connectivity index (χ1v) is 11.3. The summed E-state index contributed by atoms with van der Waals surface area (Å²) < 4.78 is 19.9. The number of amides is 2. The predicted molar refractivity (Wildman–Crippen MR) is 128 cm³/mol. The molecule has 0 unspecified atom stereocenters. The zero-order valence-corrected chi connectivity index (χ0v) is 19.4. The van der Waals surface area contributed by atoms with E-state index in [1.165, 1.54) is 16.8 Å². The highest BCUT2D eigenvalue weighted by Gasteiger charge is 2.21. The second-order valence-corrected chi connectivity index (χ2v) is 8.36. The lowest BCUT2D eigenvalue weighted by molar-refractivity contribution is -0.118. The summed E-state index contributed by atoms with van der Waals surface area (Å²) in [5.41, 5.74) is 2.75. The van der Waals surface area contributed by atoms with Crippen LogP contribution in [0.3, 0.4) is 0 Å². The highest BCUT2D eigenvalue weighted by atomic mass is 35.5. The van der Waals surface area contributed by atoms with E-state index >= 15 is 0 Å². The summed E-state index contributed by atoms with van der Waals surface area (Å²) in [5.74, 6) is -0.819. The second-order valence-electron chi connectivity index (χ2n) is 8.00. The molecule has 3 aromatic rings. The molecule has 0 spiro atoms. The van der Waals surface area contributed by atoms with Crippen LogP contribution < -0.4 is 10.6 Å². The van der Waals surface area contributed by atoms with Gasteiger partial charge in [-0.1, -0.05) is 23.7 Å². The van der Waals surface area contributed by atoms with Gasteiger partial charge in [-0.05, 0) is 48.9 Å². The van der Waals surface area contributed by atoms with Crippen LogP contribution in [0.2, 0.25) is 5.15 Å². The van der Waals surface area contributed by atoms with Gasteiger partial charge in [0, 0.05) is 24.5 Å².